The number of nitrogens with zero attached hydrogens (tertiary/aromatic N) is 1. The van der Waals surface area contributed by atoms with E-state index in [0.717, 1.165) is 12.3 Å². The van der Waals surface area contributed by atoms with Crippen molar-refractivity contribution in [3.8, 4) is 0 Å². The first-order valence-corrected chi connectivity index (χ1v) is 5.22. The van der Waals surface area contributed by atoms with Crippen molar-refractivity contribution in [1.82, 2.24) is 5.32 Å². The maximum Gasteiger partial charge on any atom is 0.249 e. The van der Waals surface area contributed by atoms with Crippen LogP contribution in [0.2, 0.25) is 0 Å². The minimum absolute atomic E-state index is 0.0226. The first-order valence-electron chi connectivity index (χ1n) is 5.22. The molecule has 3 nitrogen and oxygen atoms in total. The van der Waals surface area contributed by atoms with Crippen LogP contribution in [0.4, 0.5) is 0 Å². The van der Waals surface area contributed by atoms with Crippen LogP contribution < -0.4 is 5.32 Å². The molecule has 1 aliphatic heterocycles. The Balaban J connectivity index is 1.89. The van der Waals surface area contributed by atoms with E-state index in [2.05, 4.69) is 22.4 Å². The Morgan fingerprint density at radius 1 is 1.40 bits per heavy atom. The predicted molar refractivity (Wildman–Crippen MR) is 57.9 cm³/mol. The molecule has 0 bridgehead atoms. The van der Waals surface area contributed by atoms with Gasteiger partial charge in [-0.25, -0.2) is 0 Å². The van der Waals surface area contributed by atoms with Crippen molar-refractivity contribution in [2.45, 2.75) is 25.3 Å². The standard InChI is InChI=1S/C12H12N2O/c1-7-12(15)14-11(13-7)10-6-8-4-2-3-5-9(8)10/h2-5,7,10H,6H2,1H3,(H,13,14,15). The lowest BCUT2D eigenvalue weighted by atomic mass is 9.77. The molecular weight excluding hydrogens is 188 g/mol. The molecule has 0 spiro atoms. The average molecular weight is 200 g/mol. The van der Waals surface area contributed by atoms with Crippen LogP contribution >= 0.6 is 0 Å². The van der Waals surface area contributed by atoms with Gasteiger partial charge in [-0.15, -0.1) is 0 Å². The Kier molecular flexibility index (Phi) is 1.69. The quantitative estimate of drug-likeness (QED) is 0.728. The summed E-state index contributed by atoms with van der Waals surface area (Å²) in [7, 11) is 0. The summed E-state index contributed by atoms with van der Waals surface area (Å²) in [5.41, 5.74) is 2.68. The Bertz CT molecular complexity index is 464. The summed E-state index contributed by atoms with van der Waals surface area (Å²) >= 11 is 0. The number of benzene rings is 1. The fourth-order valence-electron chi connectivity index (χ4n) is 2.21. The second kappa shape index (κ2) is 2.92. The molecule has 0 fully saturated rings. The highest BCUT2D eigenvalue weighted by Gasteiger charge is 2.34. The van der Waals surface area contributed by atoms with Crippen molar-refractivity contribution < 1.29 is 4.79 Å². The molecule has 2 atom stereocenters. The van der Waals surface area contributed by atoms with Gasteiger partial charge in [0.15, 0.2) is 0 Å². The summed E-state index contributed by atoms with van der Waals surface area (Å²) in [5.74, 6) is 1.19. The summed E-state index contributed by atoms with van der Waals surface area (Å²) in [5, 5.41) is 2.86. The van der Waals surface area contributed by atoms with Gasteiger partial charge < -0.3 is 5.32 Å². The van der Waals surface area contributed by atoms with Crippen molar-refractivity contribution >= 4 is 11.7 Å². The van der Waals surface area contributed by atoms with E-state index < -0.39 is 0 Å². The van der Waals surface area contributed by atoms with E-state index in [1.54, 1.807) is 0 Å². The number of amidine groups is 1. The van der Waals surface area contributed by atoms with Crippen LogP contribution in [0.5, 0.6) is 0 Å². The van der Waals surface area contributed by atoms with E-state index >= 15 is 0 Å². The van der Waals surface area contributed by atoms with Gasteiger partial charge in [-0.2, -0.15) is 0 Å². The van der Waals surface area contributed by atoms with E-state index in [-0.39, 0.29) is 11.9 Å². The van der Waals surface area contributed by atoms with Crippen LogP contribution in [0.15, 0.2) is 29.3 Å². The summed E-state index contributed by atoms with van der Waals surface area (Å²) in [6, 6.07) is 8.11. The topological polar surface area (TPSA) is 41.5 Å². The van der Waals surface area contributed by atoms with Crippen LogP contribution in [-0.2, 0) is 11.2 Å². The lowest BCUT2D eigenvalue weighted by Crippen LogP contribution is -2.35. The molecule has 1 aliphatic carbocycles. The second-order valence-corrected chi connectivity index (χ2v) is 4.14. The van der Waals surface area contributed by atoms with Gasteiger partial charge in [-0.05, 0) is 24.5 Å². The minimum atomic E-state index is -0.215. The summed E-state index contributed by atoms with van der Waals surface area (Å²) in [4.78, 5) is 15.7. The number of amides is 1. The molecule has 2 aliphatic rings. The van der Waals surface area contributed by atoms with Gasteiger partial charge in [-0.1, -0.05) is 24.3 Å². The van der Waals surface area contributed by atoms with Gasteiger partial charge in [0.25, 0.3) is 0 Å². The number of carbonyl (C=O) groups is 1. The fraction of sp³-hybridized carbons (Fsp3) is 0.333. The van der Waals surface area contributed by atoms with Gasteiger partial charge in [0, 0.05) is 5.92 Å². The molecule has 3 rings (SSSR count). The number of nitrogens with one attached hydrogen (secondary N) is 1. The average Bonchev–Trinajstić information content (AvgIpc) is 2.49. The normalized spacial score (nSPS) is 27.8. The van der Waals surface area contributed by atoms with Crippen LogP contribution in [0.3, 0.4) is 0 Å². The summed E-state index contributed by atoms with van der Waals surface area (Å²) < 4.78 is 0. The summed E-state index contributed by atoms with van der Waals surface area (Å²) in [6.07, 6.45) is 1.00. The third kappa shape index (κ3) is 1.19. The van der Waals surface area contributed by atoms with E-state index in [0.29, 0.717) is 5.92 Å². The Morgan fingerprint density at radius 3 is 2.87 bits per heavy atom. The molecule has 1 heterocycles. The lowest BCUT2D eigenvalue weighted by molar-refractivity contribution is -0.119. The highest BCUT2D eigenvalue weighted by atomic mass is 16.2. The molecule has 1 N–H and O–H groups in total. The monoisotopic (exact) mass is 200 g/mol. The predicted octanol–water partition coefficient (Wildman–Crippen LogP) is 1.24. The highest BCUT2D eigenvalue weighted by molar-refractivity contribution is 6.09. The van der Waals surface area contributed by atoms with Crippen LogP contribution in [0, 0.1) is 0 Å². The number of rotatable bonds is 1. The van der Waals surface area contributed by atoms with Gasteiger partial charge >= 0.3 is 0 Å². The maximum atomic E-state index is 11.3. The summed E-state index contributed by atoms with van der Waals surface area (Å²) in [6.45, 7) is 1.83. The van der Waals surface area contributed by atoms with Gasteiger partial charge in [0.2, 0.25) is 5.91 Å². The van der Waals surface area contributed by atoms with Crippen molar-refractivity contribution in [3.63, 3.8) is 0 Å². The third-order valence-electron chi connectivity index (χ3n) is 3.15. The molecule has 76 valence electrons. The van der Waals surface area contributed by atoms with Gasteiger partial charge in [-0.3, -0.25) is 9.79 Å². The van der Waals surface area contributed by atoms with E-state index in [1.807, 2.05) is 19.1 Å². The molecule has 3 heteroatoms. The number of aliphatic imine (C=N–C) groups is 1. The lowest BCUT2D eigenvalue weighted by Gasteiger charge is -2.29. The molecule has 15 heavy (non-hydrogen) atoms. The molecule has 2 unspecified atom stereocenters. The Morgan fingerprint density at radius 2 is 2.20 bits per heavy atom. The molecule has 0 saturated carbocycles. The number of fused-ring (bicyclic) bond motifs is 1. The highest BCUT2D eigenvalue weighted by Crippen LogP contribution is 2.36. The maximum absolute atomic E-state index is 11.3. The Hall–Kier alpha value is -1.64. The molecule has 0 radical (unpaired) electrons. The molecule has 1 amide bonds. The Labute approximate surface area is 88.2 Å². The van der Waals surface area contributed by atoms with Crippen LogP contribution in [0.25, 0.3) is 0 Å². The van der Waals surface area contributed by atoms with Crippen molar-refractivity contribution in [2.75, 3.05) is 0 Å². The molecule has 0 aromatic heterocycles. The SMILES string of the molecule is CC1N=C(C2Cc3ccccc32)NC1=O. The van der Waals surface area contributed by atoms with Gasteiger partial charge in [0.1, 0.15) is 11.9 Å². The van der Waals surface area contributed by atoms with E-state index in [4.69, 9.17) is 0 Å². The molecule has 0 saturated heterocycles. The first kappa shape index (κ1) is 8.65. The third-order valence-corrected chi connectivity index (χ3v) is 3.15. The van der Waals surface area contributed by atoms with Crippen molar-refractivity contribution in [2.24, 2.45) is 4.99 Å². The zero-order chi connectivity index (χ0) is 10.4. The second-order valence-electron chi connectivity index (χ2n) is 4.14. The number of hydrogen-bond acceptors (Lipinski definition) is 2. The zero-order valence-electron chi connectivity index (χ0n) is 8.53. The largest absolute Gasteiger partial charge is 0.312 e. The zero-order valence-corrected chi connectivity index (χ0v) is 8.53. The van der Waals surface area contributed by atoms with Crippen LogP contribution in [-0.4, -0.2) is 17.8 Å². The minimum Gasteiger partial charge on any atom is -0.312 e. The van der Waals surface area contributed by atoms with E-state index in [1.165, 1.54) is 11.1 Å². The first-order chi connectivity index (χ1) is 7.25. The number of hydrogen-bond donors (Lipinski definition) is 1. The molecule has 1 aromatic rings. The number of carbonyl (C=O) groups excluding carboxylic acids is 1. The van der Waals surface area contributed by atoms with Crippen LogP contribution in [0.1, 0.15) is 24.0 Å². The van der Waals surface area contributed by atoms with Crippen molar-refractivity contribution in [1.29, 1.82) is 0 Å². The molecular formula is C12H12N2O. The molecule has 1 aromatic carbocycles. The van der Waals surface area contributed by atoms with Gasteiger partial charge in [0.05, 0.1) is 0 Å². The van der Waals surface area contributed by atoms with Crippen molar-refractivity contribution in [3.05, 3.63) is 35.4 Å². The van der Waals surface area contributed by atoms with E-state index in [9.17, 15) is 4.79 Å². The fourth-order valence-corrected chi connectivity index (χ4v) is 2.21. The smallest absolute Gasteiger partial charge is 0.249 e.